The third-order valence-electron chi connectivity index (χ3n) is 3.14. The number of allylic oxidation sites excluding steroid dienone is 2. The van der Waals surface area contributed by atoms with Gasteiger partial charge in [-0.05, 0) is 37.1 Å². The van der Waals surface area contributed by atoms with E-state index in [9.17, 15) is 0 Å². The summed E-state index contributed by atoms with van der Waals surface area (Å²) in [4.78, 5) is 15.3. The maximum atomic E-state index is 4.60. The van der Waals surface area contributed by atoms with E-state index in [2.05, 4.69) is 45.9 Å². The van der Waals surface area contributed by atoms with Crippen molar-refractivity contribution in [2.45, 2.75) is 20.3 Å². The number of aromatic amines is 2. The zero-order chi connectivity index (χ0) is 13.2. The summed E-state index contributed by atoms with van der Waals surface area (Å²) in [6.45, 7) is 4.20. The van der Waals surface area contributed by atoms with Gasteiger partial charge in [-0.3, -0.25) is 0 Å². The molecule has 19 heavy (non-hydrogen) atoms. The molecule has 0 aliphatic heterocycles. The highest BCUT2D eigenvalue weighted by atomic mass is 14.9. The Kier molecular flexibility index (Phi) is 2.91. The number of benzene rings is 1. The van der Waals surface area contributed by atoms with E-state index in [1.165, 1.54) is 5.57 Å². The molecule has 1 aromatic carbocycles. The molecule has 2 N–H and O–H groups in total. The zero-order valence-electron chi connectivity index (χ0n) is 11.1. The van der Waals surface area contributed by atoms with Gasteiger partial charge in [0, 0.05) is 18.0 Å². The minimum absolute atomic E-state index is 0.874. The van der Waals surface area contributed by atoms with Gasteiger partial charge in [0.2, 0.25) is 0 Å². The molecule has 0 aliphatic carbocycles. The number of hydrogen-bond donors (Lipinski definition) is 2. The fourth-order valence-corrected chi connectivity index (χ4v) is 2.17. The first-order valence-corrected chi connectivity index (χ1v) is 6.44. The van der Waals surface area contributed by atoms with Gasteiger partial charge in [0.15, 0.2) is 0 Å². The summed E-state index contributed by atoms with van der Waals surface area (Å²) in [6.07, 6.45) is 6.77. The number of imidazole rings is 2. The van der Waals surface area contributed by atoms with Crippen LogP contribution < -0.4 is 0 Å². The second-order valence-electron chi connectivity index (χ2n) is 4.55. The van der Waals surface area contributed by atoms with Crippen LogP contribution >= 0.6 is 0 Å². The Morgan fingerprint density at radius 2 is 2.26 bits per heavy atom. The van der Waals surface area contributed by atoms with E-state index in [1.807, 2.05) is 18.3 Å². The Balaban J connectivity index is 2.07. The minimum atomic E-state index is 0.874. The van der Waals surface area contributed by atoms with Gasteiger partial charge < -0.3 is 9.97 Å². The average Bonchev–Trinajstić information content (AvgIpc) is 3.07. The molecule has 0 saturated heterocycles. The van der Waals surface area contributed by atoms with Gasteiger partial charge in [0.05, 0.1) is 11.0 Å². The lowest BCUT2D eigenvalue weighted by Gasteiger charge is -1.96. The van der Waals surface area contributed by atoms with E-state index in [0.29, 0.717) is 0 Å². The molecule has 2 heterocycles. The Morgan fingerprint density at radius 1 is 1.37 bits per heavy atom. The topological polar surface area (TPSA) is 57.4 Å². The quantitative estimate of drug-likeness (QED) is 0.745. The van der Waals surface area contributed by atoms with Crippen molar-refractivity contribution in [3.05, 3.63) is 42.5 Å². The first kappa shape index (κ1) is 11.7. The standard InChI is InChI=1S/C15H16N4/c1-3-4-10(2)14-18-12-6-5-11(9-13(12)19-14)15-16-7-8-17-15/h4-9H,3H2,1-2H3,(H,16,17)(H,18,19). The number of nitrogens with one attached hydrogen (secondary N) is 2. The van der Waals surface area contributed by atoms with Gasteiger partial charge in [0.25, 0.3) is 0 Å². The predicted octanol–water partition coefficient (Wildman–Crippen LogP) is 3.77. The highest BCUT2D eigenvalue weighted by molar-refractivity contribution is 5.82. The van der Waals surface area contributed by atoms with Crippen LogP contribution in [-0.4, -0.2) is 19.9 Å². The maximum Gasteiger partial charge on any atom is 0.137 e. The van der Waals surface area contributed by atoms with Crippen LogP contribution in [0.3, 0.4) is 0 Å². The molecule has 0 aliphatic rings. The van der Waals surface area contributed by atoms with Crippen molar-refractivity contribution >= 4 is 16.6 Å². The minimum Gasteiger partial charge on any atom is -0.345 e. The van der Waals surface area contributed by atoms with E-state index in [-0.39, 0.29) is 0 Å². The van der Waals surface area contributed by atoms with Crippen LogP contribution in [-0.2, 0) is 0 Å². The summed E-state index contributed by atoms with van der Waals surface area (Å²) in [5.74, 6) is 1.81. The lowest BCUT2D eigenvalue weighted by molar-refractivity contribution is 1.19. The van der Waals surface area contributed by atoms with E-state index in [1.54, 1.807) is 6.20 Å². The highest BCUT2D eigenvalue weighted by Crippen LogP contribution is 2.22. The van der Waals surface area contributed by atoms with Crippen molar-refractivity contribution in [2.24, 2.45) is 0 Å². The summed E-state index contributed by atoms with van der Waals surface area (Å²) in [5, 5.41) is 0. The van der Waals surface area contributed by atoms with Crippen LogP contribution in [0.2, 0.25) is 0 Å². The van der Waals surface area contributed by atoms with Gasteiger partial charge >= 0.3 is 0 Å². The Hall–Kier alpha value is -2.36. The molecule has 0 radical (unpaired) electrons. The number of hydrogen-bond acceptors (Lipinski definition) is 2. The molecule has 0 spiro atoms. The number of fused-ring (bicyclic) bond motifs is 1. The first-order chi connectivity index (χ1) is 9.28. The lowest BCUT2D eigenvalue weighted by Crippen LogP contribution is -1.81. The third kappa shape index (κ3) is 2.17. The number of rotatable bonds is 3. The summed E-state index contributed by atoms with van der Waals surface area (Å²) in [6, 6.07) is 6.13. The summed E-state index contributed by atoms with van der Waals surface area (Å²) in [5.41, 5.74) is 4.25. The smallest absolute Gasteiger partial charge is 0.137 e. The Labute approximate surface area is 111 Å². The van der Waals surface area contributed by atoms with Crippen molar-refractivity contribution in [1.82, 2.24) is 19.9 Å². The van der Waals surface area contributed by atoms with Gasteiger partial charge in [-0.2, -0.15) is 0 Å². The molecule has 0 unspecified atom stereocenters. The molecular weight excluding hydrogens is 236 g/mol. The van der Waals surface area contributed by atoms with Gasteiger partial charge in [-0.1, -0.05) is 13.0 Å². The molecule has 96 valence electrons. The van der Waals surface area contributed by atoms with Gasteiger partial charge in [0.1, 0.15) is 11.6 Å². The second kappa shape index (κ2) is 4.72. The fraction of sp³-hybridized carbons (Fsp3) is 0.200. The Bertz CT molecular complexity index is 720. The van der Waals surface area contributed by atoms with Gasteiger partial charge in [-0.15, -0.1) is 0 Å². The van der Waals surface area contributed by atoms with Crippen molar-refractivity contribution in [3.63, 3.8) is 0 Å². The maximum absolute atomic E-state index is 4.60. The van der Waals surface area contributed by atoms with E-state index in [0.717, 1.165) is 34.7 Å². The molecule has 4 nitrogen and oxygen atoms in total. The van der Waals surface area contributed by atoms with E-state index < -0.39 is 0 Å². The second-order valence-corrected chi connectivity index (χ2v) is 4.55. The average molecular weight is 252 g/mol. The molecule has 3 rings (SSSR count). The van der Waals surface area contributed by atoms with Crippen LogP contribution in [0, 0.1) is 0 Å². The molecule has 0 atom stereocenters. The summed E-state index contributed by atoms with van der Waals surface area (Å²) < 4.78 is 0. The van der Waals surface area contributed by atoms with Gasteiger partial charge in [-0.25, -0.2) is 9.97 Å². The van der Waals surface area contributed by atoms with Crippen molar-refractivity contribution in [1.29, 1.82) is 0 Å². The normalized spacial score (nSPS) is 12.2. The van der Waals surface area contributed by atoms with Crippen LogP contribution in [0.4, 0.5) is 0 Å². The fourth-order valence-electron chi connectivity index (χ4n) is 2.17. The SMILES string of the molecule is CCC=C(C)c1nc2ccc(-c3ncc[nH]3)cc2[nH]1. The molecule has 0 bridgehead atoms. The van der Waals surface area contributed by atoms with Crippen molar-refractivity contribution in [2.75, 3.05) is 0 Å². The van der Waals surface area contributed by atoms with Crippen LogP contribution in [0.5, 0.6) is 0 Å². The monoisotopic (exact) mass is 252 g/mol. The zero-order valence-corrected chi connectivity index (χ0v) is 11.1. The summed E-state index contributed by atoms with van der Waals surface area (Å²) in [7, 11) is 0. The molecule has 0 amide bonds. The number of aromatic nitrogens is 4. The highest BCUT2D eigenvalue weighted by Gasteiger charge is 2.06. The van der Waals surface area contributed by atoms with E-state index in [4.69, 9.17) is 0 Å². The number of nitrogens with zero attached hydrogens (tertiary/aromatic N) is 2. The molecule has 0 fully saturated rings. The molecule has 2 aromatic heterocycles. The molecule has 0 saturated carbocycles. The number of H-pyrrole nitrogens is 2. The van der Waals surface area contributed by atoms with Crippen LogP contribution in [0.25, 0.3) is 28.0 Å². The predicted molar refractivity (Wildman–Crippen MR) is 77.6 cm³/mol. The lowest BCUT2D eigenvalue weighted by atomic mass is 10.2. The molecule has 3 aromatic rings. The largest absolute Gasteiger partial charge is 0.345 e. The molecule has 4 heteroatoms. The van der Waals surface area contributed by atoms with E-state index >= 15 is 0 Å². The molecular formula is C15H16N4. The Morgan fingerprint density at radius 3 is 3.00 bits per heavy atom. The van der Waals surface area contributed by atoms with Crippen LogP contribution in [0.1, 0.15) is 26.1 Å². The van der Waals surface area contributed by atoms with Crippen LogP contribution in [0.15, 0.2) is 36.7 Å². The summed E-state index contributed by atoms with van der Waals surface area (Å²) >= 11 is 0. The third-order valence-corrected chi connectivity index (χ3v) is 3.14. The first-order valence-electron chi connectivity index (χ1n) is 6.44. The van der Waals surface area contributed by atoms with Crippen molar-refractivity contribution < 1.29 is 0 Å². The van der Waals surface area contributed by atoms with Crippen molar-refractivity contribution in [3.8, 4) is 11.4 Å².